The van der Waals surface area contributed by atoms with Gasteiger partial charge in [-0.3, -0.25) is 4.79 Å². The first-order valence-electron chi connectivity index (χ1n) is 9.07. The molecule has 2 heterocycles. The van der Waals surface area contributed by atoms with E-state index in [1.165, 1.54) is 28.7 Å². The number of aromatic nitrogens is 3. The zero-order chi connectivity index (χ0) is 19.5. The molecule has 0 aliphatic carbocycles. The fourth-order valence-electron chi connectivity index (χ4n) is 3.09. The standard InChI is InChI=1S/C21H20N4OS2/c1-3-14-8-6-9-15-16(11-22-19(14)15)18(26)12-27-21-25-24-20(28-21)23-17-10-5-4-7-13(17)2/h4-11,22H,3,12H2,1-2H3,(H,23,24). The van der Waals surface area contributed by atoms with Gasteiger partial charge in [-0.15, -0.1) is 10.2 Å². The third-order valence-corrected chi connectivity index (χ3v) is 6.57. The van der Waals surface area contributed by atoms with E-state index in [1.807, 2.05) is 49.5 Å². The van der Waals surface area contributed by atoms with Crippen molar-refractivity contribution >= 4 is 50.6 Å². The molecular weight excluding hydrogens is 388 g/mol. The molecule has 0 radical (unpaired) electrons. The van der Waals surface area contributed by atoms with E-state index in [-0.39, 0.29) is 5.78 Å². The lowest BCUT2D eigenvalue weighted by Gasteiger charge is -2.04. The van der Waals surface area contributed by atoms with Crippen molar-refractivity contribution in [2.24, 2.45) is 0 Å². The number of H-pyrrole nitrogens is 1. The molecule has 0 unspecified atom stereocenters. The molecule has 0 amide bonds. The average Bonchev–Trinajstić information content (AvgIpc) is 3.34. The summed E-state index contributed by atoms with van der Waals surface area (Å²) in [6, 6.07) is 14.1. The molecule has 0 bridgehead atoms. The Morgan fingerprint density at radius 3 is 2.86 bits per heavy atom. The minimum absolute atomic E-state index is 0.0908. The number of rotatable bonds is 7. The van der Waals surface area contributed by atoms with Crippen LogP contribution in [0.3, 0.4) is 0 Å². The highest BCUT2D eigenvalue weighted by atomic mass is 32.2. The first kappa shape index (κ1) is 18.7. The van der Waals surface area contributed by atoms with Gasteiger partial charge < -0.3 is 10.3 Å². The summed E-state index contributed by atoms with van der Waals surface area (Å²) in [5.74, 6) is 0.426. The number of nitrogens with one attached hydrogen (secondary N) is 2. The van der Waals surface area contributed by atoms with Crippen molar-refractivity contribution < 1.29 is 4.79 Å². The number of fused-ring (bicyclic) bond motifs is 1. The van der Waals surface area contributed by atoms with Crippen molar-refractivity contribution in [2.45, 2.75) is 24.6 Å². The van der Waals surface area contributed by atoms with Crippen LogP contribution in [-0.2, 0) is 6.42 Å². The number of para-hydroxylation sites is 2. The van der Waals surface area contributed by atoms with Crippen LogP contribution in [0.25, 0.3) is 10.9 Å². The van der Waals surface area contributed by atoms with Crippen molar-refractivity contribution in [1.29, 1.82) is 0 Å². The molecule has 0 atom stereocenters. The van der Waals surface area contributed by atoms with Crippen LogP contribution in [0.15, 0.2) is 53.0 Å². The maximum Gasteiger partial charge on any atom is 0.210 e. The number of Topliss-reactive ketones (excluding diaryl/α,β-unsaturated/α-hetero) is 1. The summed E-state index contributed by atoms with van der Waals surface area (Å²) in [5, 5.41) is 13.4. The van der Waals surface area contributed by atoms with Crippen molar-refractivity contribution in [3.63, 3.8) is 0 Å². The predicted molar refractivity (Wildman–Crippen MR) is 117 cm³/mol. The van der Waals surface area contributed by atoms with Crippen molar-refractivity contribution in [3.05, 3.63) is 65.4 Å². The zero-order valence-corrected chi connectivity index (χ0v) is 17.3. The number of aryl methyl sites for hydroxylation is 2. The fourth-order valence-corrected chi connectivity index (χ4v) is 4.74. The molecule has 142 valence electrons. The quantitative estimate of drug-likeness (QED) is 0.307. The highest BCUT2D eigenvalue weighted by molar-refractivity contribution is 8.01. The van der Waals surface area contributed by atoms with Gasteiger partial charge in [-0.05, 0) is 30.5 Å². The third-order valence-electron chi connectivity index (χ3n) is 4.60. The normalized spacial score (nSPS) is 11.1. The van der Waals surface area contributed by atoms with Gasteiger partial charge in [0.05, 0.1) is 5.75 Å². The molecule has 4 aromatic rings. The lowest BCUT2D eigenvalue weighted by Crippen LogP contribution is -2.01. The second-order valence-electron chi connectivity index (χ2n) is 6.42. The number of aromatic amines is 1. The molecule has 5 nitrogen and oxygen atoms in total. The first-order valence-corrected chi connectivity index (χ1v) is 10.9. The molecule has 2 aromatic heterocycles. The topological polar surface area (TPSA) is 70.7 Å². The Morgan fingerprint density at radius 1 is 1.18 bits per heavy atom. The van der Waals surface area contributed by atoms with Crippen LogP contribution in [0.1, 0.15) is 28.4 Å². The van der Waals surface area contributed by atoms with Crippen LogP contribution in [0.4, 0.5) is 10.8 Å². The molecule has 0 saturated heterocycles. The number of ketones is 1. The summed E-state index contributed by atoms with van der Waals surface area (Å²) in [5.41, 5.74) is 5.17. The SMILES string of the molecule is CCc1cccc2c(C(=O)CSc3nnc(Nc4ccccc4C)s3)c[nH]c12. The van der Waals surface area contributed by atoms with Gasteiger partial charge in [-0.1, -0.05) is 66.4 Å². The van der Waals surface area contributed by atoms with Crippen LogP contribution >= 0.6 is 23.1 Å². The summed E-state index contributed by atoms with van der Waals surface area (Å²) in [7, 11) is 0. The van der Waals surface area contributed by atoms with Gasteiger partial charge in [0.25, 0.3) is 0 Å². The molecular formula is C21H20N4OS2. The molecule has 0 saturated carbocycles. The molecule has 0 spiro atoms. The van der Waals surface area contributed by atoms with E-state index >= 15 is 0 Å². The predicted octanol–water partition coefficient (Wildman–Crippen LogP) is 5.61. The van der Waals surface area contributed by atoms with Gasteiger partial charge >= 0.3 is 0 Å². The Balaban J connectivity index is 1.43. The number of carbonyl (C=O) groups excluding carboxylic acids is 1. The lowest BCUT2D eigenvalue weighted by molar-refractivity contribution is 0.102. The maximum absolute atomic E-state index is 12.7. The minimum Gasteiger partial charge on any atom is -0.360 e. The van der Waals surface area contributed by atoms with Gasteiger partial charge in [-0.2, -0.15) is 0 Å². The van der Waals surface area contributed by atoms with Gasteiger partial charge in [0.15, 0.2) is 10.1 Å². The molecule has 4 rings (SSSR count). The van der Waals surface area contributed by atoms with E-state index in [2.05, 4.69) is 33.5 Å². The summed E-state index contributed by atoms with van der Waals surface area (Å²) in [4.78, 5) is 16.0. The number of hydrogen-bond acceptors (Lipinski definition) is 6. The molecule has 2 aromatic carbocycles. The second kappa shape index (κ2) is 8.16. The van der Waals surface area contributed by atoms with E-state index in [0.717, 1.165) is 43.6 Å². The third kappa shape index (κ3) is 3.81. The Bertz CT molecular complexity index is 1130. The van der Waals surface area contributed by atoms with E-state index in [9.17, 15) is 4.79 Å². The first-order chi connectivity index (χ1) is 13.7. The summed E-state index contributed by atoms with van der Waals surface area (Å²) < 4.78 is 0.776. The van der Waals surface area contributed by atoms with Crippen LogP contribution in [0, 0.1) is 6.92 Å². The number of anilines is 2. The van der Waals surface area contributed by atoms with E-state index in [1.54, 1.807) is 0 Å². The Labute approximate surface area is 171 Å². The van der Waals surface area contributed by atoms with Crippen molar-refractivity contribution in [3.8, 4) is 0 Å². The van der Waals surface area contributed by atoms with Gasteiger partial charge in [0.2, 0.25) is 5.13 Å². The zero-order valence-electron chi connectivity index (χ0n) is 15.7. The average molecular weight is 409 g/mol. The number of nitrogens with zero attached hydrogens (tertiary/aromatic N) is 2. The van der Waals surface area contributed by atoms with Crippen LogP contribution in [0.5, 0.6) is 0 Å². The van der Waals surface area contributed by atoms with Crippen molar-refractivity contribution in [1.82, 2.24) is 15.2 Å². The summed E-state index contributed by atoms with van der Waals surface area (Å²) >= 11 is 2.88. The lowest BCUT2D eigenvalue weighted by atomic mass is 10.1. The fraction of sp³-hybridized carbons (Fsp3) is 0.190. The van der Waals surface area contributed by atoms with Gasteiger partial charge in [0, 0.05) is 28.4 Å². The van der Waals surface area contributed by atoms with Gasteiger partial charge in [-0.25, -0.2) is 0 Å². The highest BCUT2D eigenvalue weighted by Gasteiger charge is 2.15. The van der Waals surface area contributed by atoms with Crippen LogP contribution in [0.2, 0.25) is 0 Å². The van der Waals surface area contributed by atoms with E-state index < -0.39 is 0 Å². The monoisotopic (exact) mass is 408 g/mol. The molecule has 7 heteroatoms. The van der Waals surface area contributed by atoms with Crippen LogP contribution < -0.4 is 5.32 Å². The summed E-state index contributed by atoms with van der Waals surface area (Å²) in [6.45, 7) is 4.16. The number of carbonyl (C=O) groups is 1. The second-order valence-corrected chi connectivity index (χ2v) is 8.62. The molecule has 0 aliphatic rings. The Hall–Kier alpha value is -2.64. The van der Waals surface area contributed by atoms with E-state index in [4.69, 9.17) is 0 Å². The number of benzene rings is 2. The number of thioether (sulfide) groups is 1. The van der Waals surface area contributed by atoms with Gasteiger partial charge in [0.1, 0.15) is 0 Å². The molecule has 2 N–H and O–H groups in total. The van der Waals surface area contributed by atoms with Crippen LogP contribution in [-0.4, -0.2) is 26.7 Å². The molecule has 28 heavy (non-hydrogen) atoms. The van der Waals surface area contributed by atoms with Crippen molar-refractivity contribution in [2.75, 3.05) is 11.1 Å². The number of hydrogen-bond donors (Lipinski definition) is 2. The minimum atomic E-state index is 0.0908. The smallest absolute Gasteiger partial charge is 0.210 e. The molecule has 0 fully saturated rings. The van der Waals surface area contributed by atoms with E-state index in [0.29, 0.717) is 5.75 Å². The molecule has 0 aliphatic heterocycles. The Kier molecular flexibility index (Phi) is 5.45. The largest absolute Gasteiger partial charge is 0.360 e. The Morgan fingerprint density at radius 2 is 2.04 bits per heavy atom. The summed E-state index contributed by atoms with van der Waals surface area (Å²) in [6.07, 6.45) is 2.75. The maximum atomic E-state index is 12.7. The highest BCUT2D eigenvalue weighted by Crippen LogP contribution is 2.30.